The molecule has 1 rings (SSSR count). The largest absolute Gasteiger partial charge is 0.300 e. The van der Waals surface area contributed by atoms with Crippen LogP contribution in [0.15, 0.2) is 0 Å². The van der Waals surface area contributed by atoms with Gasteiger partial charge < -0.3 is 0 Å². The van der Waals surface area contributed by atoms with Gasteiger partial charge in [-0.2, -0.15) is 0 Å². The molecule has 0 unspecified atom stereocenters. The molecule has 0 amide bonds. The Hall–Kier alpha value is -0.410. The SMILES string of the molecule is CNN.O=C1CCCCC1. The number of carbonyl (C=O) groups excluding carboxylic acids is 1. The Balaban J connectivity index is 0.000000236. The number of nitrogens with two attached hydrogens (primary N) is 1. The number of nitrogens with one attached hydrogen (secondary N) is 1. The second-order valence-corrected chi connectivity index (χ2v) is 2.39. The number of carbonyl (C=O) groups is 1. The molecule has 0 radical (unpaired) electrons. The number of hydrogen-bond acceptors (Lipinski definition) is 3. The van der Waals surface area contributed by atoms with E-state index in [9.17, 15) is 4.79 Å². The van der Waals surface area contributed by atoms with Crippen LogP contribution in [0.1, 0.15) is 32.1 Å². The lowest BCUT2D eigenvalue weighted by molar-refractivity contribution is -0.120. The van der Waals surface area contributed by atoms with Crippen molar-refractivity contribution in [2.75, 3.05) is 7.05 Å². The van der Waals surface area contributed by atoms with Gasteiger partial charge in [-0.1, -0.05) is 6.42 Å². The minimum atomic E-state index is 0.464. The van der Waals surface area contributed by atoms with Gasteiger partial charge in [-0.15, -0.1) is 0 Å². The Morgan fingerprint density at radius 2 is 1.70 bits per heavy atom. The predicted molar refractivity (Wildman–Crippen MR) is 41.3 cm³/mol. The minimum absolute atomic E-state index is 0.464. The first-order chi connectivity index (χ1) is 4.81. The van der Waals surface area contributed by atoms with Crippen molar-refractivity contribution in [2.45, 2.75) is 32.1 Å². The van der Waals surface area contributed by atoms with Crippen LogP contribution in [0.5, 0.6) is 0 Å². The van der Waals surface area contributed by atoms with Crippen LogP contribution < -0.4 is 11.3 Å². The fourth-order valence-corrected chi connectivity index (χ4v) is 0.946. The average Bonchev–Trinajstić information content (AvgIpc) is 1.91. The summed E-state index contributed by atoms with van der Waals surface area (Å²) in [4.78, 5) is 10.5. The second kappa shape index (κ2) is 6.71. The third-order valence-electron chi connectivity index (χ3n) is 1.41. The molecule has 1 fully saturated rings. The summed E-state index contributed by atoms with van der Waals surface area (Å²) in [5, 5.41) is 0. The van der Waals surface area contributed by atoms with Gasteiger partial charge in [-0.25, -0.2) is 0 Å². The summed E-state index contributed by atoms with van der Waals surface area (Å²) >= 11 is 0. The third-order valence-corrected chi connectivity index (χ3v) is 1.41. The molecular formula is C7H16N2O. The van der Waals surface area contributed by atoms with Crippen LogP contribution in [0.3, 0.4) is 0 Å². The lowest BCUT2D eigenvalue weighted by atomic mass is 10.00. The number of hydrogen-bond donors (Lipinski definition) is 2. The zero-order valence-corrected chi connectivity index (χ0v) is 6.52. The highest BCUT2D eigenvalue weighted by molar-refractivity contribution is 5.78. The van der Waals surface area contributed by atoms with Gasteiger partial charge in [0.2, 0.25) is 0 Å². The molecule has 1 aliphatic rings. The van der Waals surface area contributed by atoms with Gasteiger partial charge in [-0.05, 0) is 19.9 Å². The average molecular weight is 144 g/mol. The van der Waals surface area contributed by atoms with E-state index in [1.807, 2.05) is 0 Å². The van der Waals surface area contributed by atoms with Crippen molar-refractivity contribution in [3.8, 4) is 0 Å². The number of rotatable bonds is 0. The number of Topliss-reactive ketones (excluding diaryl/α,β-unsaturated/α-hetero) is 1. The van der Waals surface area contributed by atoms with E-state index >= 15 is 0 Å². The van der Waals surface area contributed by atoms with Crippen molar-refractivity contribution in [3.63, 3.8) is 0 Å². The summed E-state index contributed by atoms with van der Waals surface area (Å²) < 4.78 is 0. The maximum absolute atomic E-state index is 10.5. The lowest BCUT2D eigenvalue weighted by Crippen LogP contribution is -2.13. The molecule has 1 saturated carbocycles. The quantitative estimate of drug-likeness (QED) is 0.386. The molecule has 0 bridgehead atoms. The van der Waals surface area contributed by atoms with Gasteiger partial charge in [0.25, 0.3) is 0 Å². The van der Waals surface area contributed by atoms with Gasteiger partial charge in [0, 0.05) is 12.8 Å². The summed E-state index contributed by atoms with van der Waals surface area (Å²) in [7, 11) is 1.65. The zero-order chi connectivity index (χ0) is 7.82. The highest BCUT2D eigenvalue weighted by atomic mass is 16.1. The predicted octanol–water partition coefficient (Wildman–Crippen LogP) is 0.599. The van der Waals surface area contributed by atoms with Crippen LogP contribution in [0, 0.1) is 0 Å². The summed E-state index contributed by atoms with van der Waals surface area (Å²) in [5.41, 5.74) is 2.25. The summed E-state index contributed by atoms with van der Waals surface area (Å²) in [5.74, 6) is 5.06. The smallest absolute Gasteiger partial charge is 0.132 e. The number of ketones is 1. The van der Waals surface area contributed by atoms with Crippen LogP contribution in [-0.2, 0) is 4.79 Å². The summed E-state index contributed by atoms with van der Waals surface area (Å²) in [6.07, 6.45) is 5.24. The first-order valence-electron chi connectivity index (χ1n) is 3.70. The Morgan fingerprint density at radius 1 is 1.30 bits per heavy atom. The fraction of sp³-hybridized carbons (Fsp3) is 0.857. The molecule has 0 saturated heterocycles. The molecule has 0 aromatic carbocycles. The first kappa shape index (κ1) is 9.59. The molecule has 0 heterocycles. The molecule has 0 atom stereocenters. The van der Waals surface area contributed by atoms with E-state index in [1.165, 1.54) is 6.42 Å². The van der Waals surface area contributed by atoms with Crippen LogP contribution in [-0.4, -0.2) is 12.8 Å². The van der Waals surface area contributed by atoms with Crippen molar-refractivity contribution in [2.24, 2.45) is 5.84 Å². The Kier molecular flexibility index (Phi) is 6.43. The van der Waals surface area contributed by atoms with E-state index in [0.29, 0.717) is 5.78 Å². The van der Waals surface area contributed by atoms with Gasteiger partial charge in [0.1, 0.15) is 5.78 Å². The van der Waals surface area contributed by atoms with Crippen molar-refractivity contribution < 1.29 is 4.79 Å². The maximum Gasteiger partial charge on any atom is 0.132 e. The monoisotopic (exact) mass is 144 g/mol. The second-order valence-electron chi connectivity index (χ2n) is 2.39. The summed E-state index contributed by atoms with van der Waals surface area (Å²) in [6, 6.07) is 0. The standard InChI is InChI=1S/C6H10O.CH6N2/c7-6-4-2-1-3-5-6;1-3-2/h1-5H2;3H,2H2,1H3. The maximum atomic E-state index is 10.5. The normalized spacial score (nSPS) is 17.6. The highest BCUT2D eigenvalue weighted by Crippen LogP contribution is 2.12. The van der Waals surface area contributed by atoms with E-state index in [0.717, 1.165) is 25.7 Å². The Morgan fingerprint density at radius 3 is 1.90 bits per heavy atom. The van der Waals surface area contributed by atoms with Crippen LogP contribution in [0.2, 0.25) is 0 Å². The molecule has 0 aliphatic heterocycles. The molecule has 0 spiro atoms. The van der Waals surface area contributed by atoms with Crippen LogP contribution >= 0.6 is 0 Å². The Labute approximate surface area is 62.0 Å². The lowest BCUT2D eigenvalue weighted by Gasteiger charge is -2.05. The number of hydrazine groups is 1. The topological polar surface area (TPSA) is 55.1 Å². The highest BCUT2D eigenvalue weighted by Gasteiger charge is 2.05. The molecule has 3 heteroatoms. The van der Waals surface area contributed by atoms with Gasteiger partial charge in [0.15, 0.2) is 0 Å². The van der Waals surface area contributed by atoms with E-state index in [1.54, 1.807) is 7.05 Å². The van der Waals surface area contributed by atoms with Crippen LogP contribution in [0.4, 0.5) is 0 Å². The van der Waals surface area contributed by atoms with Crippen molar-refractivity contribution in [1.82, 2.24) is 5.43 Å². The molecule has 0 aromatic heterocycles. The van der Waals surface area contributed by atoms with Gasteiger partial charge in [-0.3, -0.25) is 16.1 Å². The molecule has 0 aromatic rings. The fourth-order valence-electron chi connectivity index (χ4n) is 0.946. The molecule has 60 valence electrons. The molecular weight excluding hydrogens is 128 g/mol. The summed E-state index contributed by atoms with van der Waals surface area (Å²) in [6.45, 7) is 0. The molecule has 10 heavy (non-hydrogen) atoms. The van der Waals surface area contributed by atoms with Crippen molar-refractivity contribution in [3.05, 3.63) is 0 Å². The van der Waals surface area contributed by atoms with Crippen LogP contribution in [0.25, 0.3) is 0 Å². The first-order valence-corrected chi connectivity index (χ1v) is 3.70. The van der Waals surface area contributed by atoms with E-state index in [2.05, 4.69) is 11.3 Å². The van der Waals surface area contributed by atoms with Crippen molar-refractivity contribution in [1.29, 1.82) is 0 Å². The molecule has 3 N–H and O–H groups in total. The van der Waals surface area contributed by atoms with Gasteiger partial charge >= 0.3 is 0 Å². The third kappa shape index (κ3) is 5.72. The molecule has 3 nitrogen and oxygen atoms in total. The van der Waals surface area contributed by atoms with E-state index in [-0.39, 0.29) is 0 Å². The zero-order valence-electron chi connectivity index (χ0n) is 6.52. The van der Waals surface area contributed by atoms with Gasteiger partial charge in [0.05, 0.1) is 0 Å². The minimum Gasteiger partial charge on any atom is -0.300 e. The molecule has 1 aliphatic carbocycles. The van der Waals surface area contributed by atoms with E-state index < -0.39 is 0 Å². The van der Waals surface area contributed by atoms with E-state index in [4.69, 9.17) is 0 Å². The Bertz CT molecular complexity index is 85.6. The van der Waals surface area contributed by atoms with Crippen molar-refractivity contribution >= 4 is 5.78 Å².